The van der Waals surface area contributed by atoms with Gasteiger partial charge >= 0.3 is 0 Å². The molecule has 138 valence electrons. The first-order valence-electron chi connectivity index (χ1n) is 8.82. The molecule has 0 fully saturated rings. The highest BCUT2D eigenvalue weighted by atomic mass is 16.3. The molecule has 0 saturated carbocycles. The van der Waals surface area contributed by atoms with Gasteiger partial charge in [-0.1, -0.05) is 26.0 Å². The number of phenolic OH excluding ortho intramolecular Hbond substituents is 2. The fraction of sp³-hybridized carbons (Fsp3) is 0.182. The van der Waals surface area contributed by atoms with Gasteiger partial charge in [-0.05, 0) is 59.4 Å². The van der Waals surface area contributed by atoms with E-state index >= 15 is 0 Å². The zero-order chi connectivity index (χ0) is 19.4. The third-order valence-electron chi connectivity index (χ3n) is 4.39. The number of nitrogens with two attached hydrogens (primary N) is 1. The van der Waals surface area contributed by atoms with E-state index in [0.717, 1.165) is 12.0 Å². The van der Waals surface area contributed by atoms with Gasteiger partial charge in [0, 0.05) is 18.5 Å². The fourth-order valence-corrected chi connectivity index (χ4v) is 2.89. The summed E-state index contributed by atoms with van der Waals surface area (Å²) in [6, 6.07) is 14.8. The minimum absolute atomic E-state index is 0.0551. The van der Waals surface area contributed by atoms with Gasteiger partial charge in [-0.25, -0.2) is 4.99 Å². The van der Waals surface area contributed by atoms with E-state index in [0.29, 0.717) is 16.8 Å². The van der Waals surface area contributed by atoms with Crippen molar-refractivity contribution in [3.05, 3.63) is 83.2 Å². The van der Waals surface area contributed by atoms with Crippen LogP contribution in [0.2, 0.25) is 0 Å². The minimum atomic E-state index is -0.0903. The Labute approximate surface area is 158 Å². The summed E-state index contributed by atoms with van der Waals surface area (Å²) in [5.74, 6) is 0.271. The van der Waals surface area contributed by atoms with Crippen LogP contribution in [0.4, 0.5) is 5.69 Å². The molecule has 1 heterocycles. The second-order valence-corrected chi connectivity index (χ2v) is 6.78. The van der Waals surface area contributed by atoms with Gasteiger partial charge in [0.2, 0.25) is 0 Å². The molecule has 2 aromatic carbocycles. The van der Waals surface area contributed by atoms with Gasteiger partial charge < -0.3 is 15.9 Å². The smallest absolute Gasteiger partial charge is 0.135 e. The van der Waals surface area contributed by atoms with Crippen molar-refractivity contribution in [3.63, 3.8) is 0 Å². The van der Waals surface area contributed by atoms with Crippen molar-refractivity contribution < 1.29 is 10.2 Å². The van der Waals surface area contributed by atoms with Crippen LogP contribution in [0.15, 0.2) is 65.9 Å². The summed E-state index contributed by atoms with van der Waals surface area (Å²) in [7, 11) is 0. The molecule has 27 heavy (non-hydrogen) atoms. The molecular formula is C22H23N3O2. The number of amidine groups is 1. The van der Waals surface area contributed by atoms with Gasteiger partial charge in [-0.3, -0.25) is 4.98 Å². The van der Waals surface area contributed by atoms with Gasteiger partial charge in [0.15, 0.2) is 0 Å². The van der Waals surface area contributed by atoms with E-state index < -0.39 is 0 Å². The zero-order valence-corrected chi connectivity index (χ0v) is 15.4. The van der Waals surface area contributed by atoms with E-state index in [2.05, 4.69) is 9.98 Å². The molecule has 0 radical (unpaired) electrons. The first-order valence-corrected chi connectivity index (χ1v) is 8.82. The molecule has 0 bridgehead atoms. The van der Waals surface area contributed by atoms with Crippen LogP contribution in [0.3, 0.4) is 0 Å². The summed E-state index contributed by atoms with van der Waals surface area (Å²) in [4.78, 5) is 8.44. The molecule has 5 heteroatoms. The molecule has 3 rings (SSSR count). The van der Waals surface area contributed by atoms with E-state index in [9.17, 15) is 10.2 Å². The fourth-order valence-electron chi connectivity index (χ4n) is 2.89. The molecule has 0 aliphatic heterocycles. The van der Waals surface area contributed by atoms with E-state index in [1.165, 1.54) is 11.6 Å². The van der Waals surface area contributed by atoms with Crippen LogP contribution in [0.5, 0.6) is 11.5 Å². The number of hydrogen-bond donors (Lipinski definition) is 3. The summed E-state index contributed by atoms with van der Waals surface area (Å²) >= 11 is 0. The Kier molecular flexibility index (Phi) is 5.41. The lowest BCUT2D eigenvalue weighted by Crippen LogP contribution is -2.13. The Morgan fingerprint density at radius 1 is 0.963 bits per heavy atom. The van der Waals surface area contributed by atoms with Crippen LogP contribution in [-0.4, -0.2) is 21.0 Å². The van der Waals surface area contributed by atoms with E-state index in [1.807, 2.05) is 50.2 Å². The van der Waals surface area contributed by atoms with Crippen molar-refractivity contribution in [3.8, 4) is 11.5 Å². The summed E-state index contributed by atoms with van der Waals surface area (Å²) in [6.45, 7) is 3.93. The number of pyridine rings is 1. The van der Waals surface area contributed by atoms with Gasteiger partial charge in [0.25, 0.3) is 0 Å². The van der Waals surface area contributed by atoms with Gasteiger partial charge in [0.05, 0.1) is 11.3 Å². The van der Waals surface area contributed by atoms with E-state index in [1.54, 1.807) is 18.5 Å². The maximum atomic E-state index is 10.1. The molecule has 0 aliphatic carbocycles. The number of nitrogens with zero attached hydrogens (tertiary/aromatic N) is 2. The molecule has 1 aromatic heterocycles. The Bertz CT molecular complexity index is 949. The molecule has 4 N–H and O–H groups in total. The molecule has 3 aromatic rings. The van der Waals surface area contributed by atoms with Crippen LogP contribution in [0.25, 0.3) is 0 Å². The van der Waals surface area contributed by atoms with Crippen LogP contribution in [0, 0.1) is 0 Å². The highest BCUT2D eigenvalue weighted by Crippen LogP contribution is 2.32. The molecular weight excluding hydrogens is 338 g/mol. The maximum absolute atomic E-state index is 10.1. The normalized spacial score (nSPS) is 11.7. The highest BCUT2D eigenvalue weighted by molar-refractivity contribution is 6.01. The molecule has 0 aliphatic rings. The molecule has 0 spiro atoms. The summed E-state index contributed by atoms with van der Waals surface area (Å²) < 4.78 is 0. The third-order valence-corrected chi connectivity index (χ3v) is 4.39. The molecule has 0 saturated heterocycles. The average molecular weight is 361 g/mol. The number of hydrogen-bond acceptors (Lipinski definition) is 4. The summed E-state index contributed by atoms with van der Waals surface area (Å²) in [6.07, 6.45) is 4.38. The number of aromatic hydroxyl groups is 2. The predicted molar refractivity (Wildman–Crippen MR) is 108 cm³/mol. The molecule has 0 amide bonds. The largest absolute Gasteiger partial charge is 0.508 e. The topological polar surface area (TPSA) is 91.7 Å². The van der Waals surface area contributed by atoms with Crippen LogP contribution >= 0.6 is 0 Å². The highest BCUT2D eigenvalue weighted by Gasteiger charge is 2.14. The number of aromatic nitrogens is 1. The number of rotatable bonds is 5. The Balaban J connectivity index is 1.83. The van der Waals surface area contributed by atoms with Crippen molar-refractivity contribution >= 4 is 11.5 Å². The lowest BCUT2D eigenvalue weighted by atomic mass is 9.98. The number of benzene rings is 2. The Morgan fingerprint density at radius 2 is 1.59 bits per heavy atom. The maximum Gasteiger partial charge on any atom is 0.135 e. The summed E-state index contributed by atoms with van der Waals surface area (Å²) in [5, 5.41) is 20.1. The van der Waals surface area contributed by atoms with Crippen molar-refractivity contribution in [1.29, 1.82) is 0 Å². The van der Waals surface area contributed by atoms with Gasteiger partial charge in [0.1, 0.15) is 17.3 Å². The number of aliphatic imine (C=N–C) groups is 1. The monoisotopic (exact) mass is 361 g/mol. The minimum Gasteiger partial charge on any atom is -0.508 e. The first kappa shape index (κ1) is 18.5. The van der Waals surface area contributed by atoms with Crippen molar-refractivity contribution in [2.24, 2.45) is 10.7 Å². The van der Waals surface area contributed by atoms with Crippen LogP contribution < -0.4 is 5.73 Å². The molecule has 5 nitrogen and oxygen atoms in total. The Hall–Kier alpha value is -3.34. The SMILES string of the molecule is CC(C)c1cc(C(N)=Nc2ccc(Cc3ccncc3)cc2)c(O)cc1O. The van der Waals surface area contributed by atoms with Crippen LogP contribution in [-0.2, 0) is 6.42 Å². The van der Waals surface area contributed by atoms with Crippen molar-refractivity contribution in [2.75, 3.05) is 0 Å². The predicted octanol–water partition coefficient (Wildman–Crippen LogP) is 4.24. The first-order chi connectivity index (χ1) is 12.9. The lowest BCUT2D eigenvalue weighted by molar-refractivity contribution is 0.443. The standard InChI is InChI=1S/C22H23N3O2/c1-14(2)18-12-19(21(27)13-20(18)26)22(23)25-17-5-3-15(4-6-17)11-16-7-9-24-10-8-16/h3-10,12-14,26-27H,11H2,1-2H3,(H2,23,25). The third kappa shape index (κ3) is 4.44. The van der Waals surface area contributed by atoms with E-state index in [4.69, 9.17) is 5.73 Å². The summed E-state index contributed by atoms with van der Waals surface area (Å²) in [5.41, 5.74) is 10.3. The Morgan fingerprint density at radius 3 is 2.22 bits per heavy atom. The van der Waals surface area contributed by atoms with Crippen LogP contribution in [0.1, 0.15) is 42.0 Å². The lowest BCUT2D eigenvalue weighted by Gasteiger charge is -2.12. The van der Waals surface area contributed by atoms with E-state index in [-0.39, 0.29) is 23.3 Å². The number of phenols is 2. The van der Waals surface area contributed by atoms with Gasteiger partial charge in [-0.2, -0.15) is 0 Å². The second-order valence-electron chi connectivity index (χ2n) is 6.78. The second kappa shape index (κ2) is 7.91. The van der Waals surface area contributed by atoms with Gasteiger partial charge in [-0.15, -0.1) is 0 Å². The van der Waals surface area contributed by atoms with Crippen molar-refractivity contribution in [1.82, 2.24) is 4.98 Å². The zero-order valence-electron chi connectivity index (χ0n) is 15.4. The average Bonchev–Trinajstić information content (AvgIpc) is 2.64. The van der Waals surface area contributed by atoms with Crippen molar-refractivity contribution in [2.45, 2.75) is 26.2 Å². The molecule has 0 unspecified atom stereocenters. The molecule has 0 atom stereocenters. The quantitative estimate of drug-likeness (QED) is 0.468.